The number of halogens is 2. The Bertz CT molecular complexity index is 519. The summed E-state index contributed by atoms with van der Waals surface area (Å²) >= 11 is 9.54. The molecule has 0 saturated carbocycles. The van der Waals surface area contributed by atoms with E-state index in [2.05, 4.69) is 21.2 Å². The molecule has 2 aliphatic heterocycles. The molecule has 1 spiro atoms. The molecule has 1 aromatic rings. The molecule has 0 aromatic heterocycles. The number of likely N-dealkylation sites (tertiary alicyclic amines) is 1. The average Bonchev–Trinajstić information content (AvgIpc) is 2.87. The largest absolute Gasteiger partial charge is 0.339 e. The minimum atomic E-state index is 0.0586. The van der Waals surface area contributed by atoms with Gasteiger partial charge in [0.2, 0.25) is 0 Å². The van der Waals surface area contributed by atoms with Crippen LogP contribution in [0.2, 0.25) is 5.02 Å². The Morgan fingerprint density at radius 2 is 2.05 bits per heavy atom. The van der Waals surface area contributed by atoms with Crippen LogP contribution in [-0.4, -0.2) is 37.0 Å². The third-order valence-electron chi connectivity index (χ3n) is 4.60. The highest BCUT2D eigenvalue weighted by Gasteiger charge is 2.38. The molecular formula is C15H18BrClN2O. The van der Waals surface area contributed by atoms with Crippen molar-refractivity contribution in [3.8, 4) is 0 Å². The standard InChI is InChI=1S/C15H18BrClN2O/c16-11-1-2-12(13(17)9-11)14(20)19-7-4-15(5-8-19)3-6-18-10-15/h1-2,9,18H,3-8,10H2. The highest BCUT2D eigenvalue weighted by atomic mass is 79.9. The first-order valence-corrected chi connectivity index (χ1v) is 8.22. The van der Waals surface area contributed by atoms with Crippen LogP contribution in [0.5, 0.6) is 0 Å². The van der Waals surface area contributed by atoms with Gasteiger partial charge in [0.1, 0.15) is 0 Å². The van der Waals surface area contributed by atoms with Crippen molar-refractivity contribution in [2.75, 3.05) is 26.2 Å². The van der Waals surface area contributed by atoms with Crippen LogP contribution in [0.1, 0.15) is 29.6 Å². The molecule has 3 rings (SSSR count). The summed E-state index contributed by atoms with van der Waals surface area (Å²) in [5.74, 6) is 0.0586. The van der Waals surface area contributed by atoms with Gasteiger partial charge in [0.05, 0.1) is 10.6 Å². The Morgan fingerprint density at radius 1 is 1.30 bits per heavy atom. The number of amides is 1. The van der Waals surface area contributed by atoms with Crippen LogP contribution in [0.15, 0.2) is 22.7 Å². The van der Waals surface area contributed by atoms with Gasteiger partial charge in [-0.2, -0.15) is 0 Å². The van der Waals surface area contributed by atoms with E-state index in [9.17, 15) is 4.79 Å². The Balaban J connectivity index is 1.69. The first-order chi connectivity index (χ1) is 9.60. The molecule has 0 radical (unpaired) electrons. The van der Waals surface area contributed by atoms with Gasteiger partial charge in [-0.3, -0.25) is 4.79 Å². The third kappa shape index (κ3) is 2.74. The zero-order chi connectivity index (χ0) is 14.2. The second kappa shape index (κ2) is 5.66. The Labute approximate surface area is 132 Å². The molecule has 2 fully saturated rings. The Morgan fingerprint density at radius 3 is 2.65 bits per heavy atom. The van der Waals surface area contributed by atoms with Crippen LogP contribution < -0.4 is 5.32 Å². The van der Waals surface area contributed by atoms with Crippen molar-refractivity contribution in [2.24, 2.45) is 5.41 Å². The lowest BCUT2D eigenvalue weighted by atomic mass is 9.78. The van der Waals surface area contributed by atoms with Gasteiger partial charge in [0.25, 0.3) is 5.91 Å². The highest BCUT2D eigenvalue weighted by Crippen LogP contribution is 2.37. The fraction of sp³-hybridized carbons (Fsp3) is 0.533. The van der Waals surface area contributed by atoms with Gasteiger partial charge in [-0.1, -0.05) is 27.5 Å². The number of hydrogen-bond donors (Lipinski definition) is 1. The molecule has 5 heteroatoms. The van der Waals surface area contributed by atoms with Crippen LogP contribution in [0.25, 0.3) is 0 Å². The zero-order valence-electron chi connectivity index (χ0n) is 11.3. The lowest BCUT2D eigenvalue weighted by Crippen LogP contribution is -2.44. The fourth-order valence-corrected chi connectivity index (χ4v) is 3.99. The van der Waals surface area contributed by atoms with Crippen LogP contribution in [0.4, 0.5) is 0 Å². The molecule has 1 amide bonds. The van der Waals surface area contributed by atoms with Gasteiger partial charge in [-0.05, 0) is 49.4 Å². The van der Waals surface area contributed by atoms with Crippen molar-refractivity contribution in [1.82, 2.24) is 10.2 Å². The molecule has 3 nitrogen and oxygen atoms in total. The van der Waals surface area contributed by atoms with Gasteiger partial charge < -0.3 is 10.2 Å². The number of carbonyl (C=O) groups excluding carboxylic acids is 1. The summed E-state index contributed by atoms with van der Waals surface area (Å²) in [6, 6.07) is 5.45. The minimum Gasteiger partial charge on any atom is -0.339 e. The quantitative estimate of drug-likeness (QED) is 0.836. The minimum absolute atomic E-state index is 0.0586. The molecule has 2 aliphatic rings. The number of hydrogen-bond acceptors (Lipinski definition) is 2. The second-order valence-corrected chi connectivity index (χ2v) is 7.17. The summed E-state index contributed by atoms with van der Waals surface area (Å²) in [4.78, 5) is 14.5. The molecule has 2 heterocycles. The summed E-state index contributed by atoms with van der Waals surface area (Å²) in [7, 11) is 0. The molecule has 0 aliphatic carbocycles. The first-order valence-electron chi connectivity index (χ1n) is 7.05. The van der Waals surface area contributed by atoms with Gasteiger partial charge in [-0.25, -0.2) is 0 Å². The van der Waals surface area contributed by atoms with Gasteiger partial charge >= 0.3 is 0 Å². The molecule has 1 aromatic carbocycles. The van der Waals surface area contributed by atoms with E-state index in [-0.39, 0.29) is 5.91 Å². The first kappa shape index (κ1) is 14.4. The summed E-state index contributed by atoms with van der Waals surface area (Å²) in [5, 5.41) is 3.96. The average molecular weight is 358 g/mol. The maximum Gasteiger partial charge on any atom is 0.255 e. The molecule has 2 saturated heterocycles. The Hall–Kier alpha value is -0.580. The van der Waals surface area contributed by atoms with Crippen molar-refractivity contribution < 1.29 is 4.79 Å². The number of carbonyl (C=O) groups is 1. The second-order valence-electron chi connectivity index (χ2n) is 5.84. The van der Waals surface area contributed by atoms with E-state index >= 15 is 0 Å². The molecule has 1 N–H and O–H groups in total. The van der Waals surface area contributed by atoms with Crippen LogP contribution in [0, 0.1) is 5.41 Å². The van der Waals surface area contributed by atoms with Crippen LogP contribution >= 0.6 is 27.5 Å². The lowest BCUT2D eigenvalue weighted by Gasteiger charge is -2.39. The van der Waals surface area contributed by atoms with Gasteiger partial charge in [0, 0.05) is 24.1 Å². The number of nitrogens with zero attached hydrogens (tertiary/aromatic N) is 1. The summed E-state index contributed by atoms with van der Waals surface area (Å²) in [6.45, 7) is 3.90. The topological polar surface area (TPSA) is 32.3 Å². The predicted octanol–water partition coefficient (Wildman–Crippen LogP) is 3.32. The molecule has 0 unspecified atom stereocenters. The van der Waals surface area contributed by atoms with Crippen LogP contribution in [-0.2, 0) is 0 Å². The van der Waals surface area contributed by atoms with Crippen molar-refractivity contribution in [3.05, 3.63) is 33.3 Å². The number of rotatable bonds is 1. The van der Waals surface area contributed by atoms with E-state index in [0.29, 0.717) is 16.0 Å². The van der Waals surface area contributed by atoms with E-state index in [4.69, 9.17) is 11.6 Å². The molecule has 108 valence electrons. The van der Waals surface area contributed by atoms with Gasteiger partial charge in [0.15, 0.2) is 0 Å². The maximum absolute atomic E-state index is 12.5. The van der Waals surface area contributed by atoms with E-state index in [1.807, 2.05) is 11.0 Å². The summed E-state index contributed by atoms with van der Waals surface area (Å²) < 4.78 is 0.897. The monoisotopic (exact) mass is 356 g/mol. The fourth-order valence-electron chi connectivity index (χ4n) is 3.24. The van der Waals surface area contributed by atoms with E-state index in [1.165, 1.54) is 6.42 Å². The predicted molar refractivity (Wildman–Crippen MR) is 84.2 cm³/mol. The van der Waals surface area contributed by atoms with E-state index in [0.717, 1.165) is 43.5 Å². The van der Waals surface area contributed by atoms with Crippen molar-refractivity contribution in [1.29, 1.82) is 0 Å². The normalized spacial score (nSPS) is 21.4. The van der Waals surface area contributed by atoms with E-state index in [1.54, 1.807) is 12.1 Å². The smallest absolute Gasteiger partial charge is 0.255 e. The van der Waals surface area contributed by atoms with Crippen molar-refractivity contribution in [3.63, 3.8) is 0 Å². The summed E-state index contributed by atoms with van der Waals surface area (Å²) in [6.07, 6.45) is 3.44. The number of piperidine rings is 1. The summed E-state index contributed by atoms with van der Waals surface area (Å²) in [5.41, 5.74) is 1.04. The third-order valence-corrected chi connectivity index (χ3v) is 5.41. The molecule has 0 atom stereocenters. The number of benzene rings is 1. The van der Waals surface area contributed by atoms with Crippen LogP contribution in [0.3, 0.4) is 0 Å². The Kier molecular flexibility index (Phi) is 4.07. The SMILES string of the molecule is O=C(c1ccc(Br)cc1Cl)N1CCC2(CCNC2)CC1. The molecule has 20 heavy (non-hydrogen) atoms. The van der Waals surface area contributed by atoms with E-state index < -0.39 is 0 Å². The molecular weight excluding hydrogens is 340 g/mol. The zero-order valence-corrected chi connectivity index (χ0v) is 13.6. The maximum atomic E-state index is 12.5. The van der Waals surface area contributed by atoms with Crippen molar-refractivity contribution in [2.45, 2.75) is 19.3 Å². The number of nitrogens with one attached hydrogen (secondary N) is 1. The highest BCUT2D eigenvalue weighted by molar-refractivity contribution is 9.10. The van der Waals surface area contributed by atoms with Gasteiger partial charge in [-0.15, -0.1) is 0 Å². The lowest BCUT2D eigenvalue weighted by molar-refractivity contribution is 0.0608. The van der Waals surface area contributed by atoms with Crippen molar-refractivity contribution >= 4 is 33.4 Å². The molecule has 0 bridgehead atoms.